The Bertz CT molecular complexity index is 958. The fraction of sp³-hybridized carbons (Fsp3) is 0.480. The molecular formula is C25H31N5O. The zero-order valence-electron chi connectivity index (χ0n) is 17.8. The normalized spacial score (nSPS) is 33.8. The van der Waals surface area contributed by atoms with Crippen molar-refractivity contribution in [2.75, 3.05) is 6.54 Å². The summed E-state index contributed by atoms with van der Waals surface area (Å²) in [5.41, 5.74) is 16.4. The molecule has 6 nitrogen and oxygen atoms in total. The maximum atomic E-state index is 12.2. The number of piperidine rings is 2. The maximum absolute atomic E-state index is 12.2. The second-order valence-electron chi connectivity index (χ2n) is 9.80. The van der Waals surface area contributed by atoms with Crippen molar-refractivity contribution >= 4 is 6.03 Å². The van der Waals surface area contributed by atoms with Crippen LogP contribution in [0, 0.1) is 5.92 Å². The van der Waals surface area contributed by atoms with Crippen molar-refractivity contribution in [3.8, 4) is 0 Å². The molecule has 5 N–H and O–H groups in total. The molecule has 3 saturated heterocycles. The molecule has 4 aliphatic rings. The van der Waals surface area contributed by atoms with Crippen molar-refractivity contribution in [3.05, 3.63) is 71.3 Å². The van der Waals surface area contributed by atoms with Crippen molar-refractivity contribution in [3.63, 3.8) is 0 Å². The Balaban J connectivity index is 1.32. The van der Waals surface area contributed by atoms with Gasteiger partial charge in [-0.25, -0.2) is 10.2 Å². The lowest BCUT2D eigenvalue weighted by Gasteiger charge is -2.49. The van der Waals surface area contributed by atoms with Gasteiger partial charge in [-0.2, -0.15) is 0 Å². The minimum absolute atomic E-state index is 0.00383. The highest BCUT2D eigenvalue weighted by atomic mass is 16.2. The van der Waals surface area contributed by atoms with Crippen LogP contribution in [0.3, 0.4) is 0 Å². The van der Waals surface area contributed by atoms with Gasteiger partial charge in [0.1, 0.15) is 6.17 Å². The fourth-order valence-corrected chi connectivity index (χ4v) is 6.21. The van der Waals surface area contributed by atoms with Gasteiger partial charge in [-0.1, -0.05) is 54.6 Å². The Kier molecular flexibility index (Phi) is 4.56. The summed E-state index contributed by atoms with van der Waals surface area (Å²) in [5.74, 6) is 0.719. The van der Waals surface area contributed by atoms with Crippen LogP contribution in [0.4, 0.5) is 4.79 Å². The second-order valence-corrected chi connectivity index (χ2v) is 9.80. The van der Waals surface area contributed by atoms with Gasteiger partial charge in [-0.15, -0.1) is 0 Å². The van der Waals surface area contributed by atoms with Crippen LogP contribution in [0.2, 0.25) is 0 Å². The number of nitrogens with zero attached hydrogens (tertiary/aromatic N) is 1. The quantitative estimate of drug-likeness (QED) is 0.619. The van der Waals surface area contributed by atoms with Crippen LogP contribution in [0.15, 0.2) is 54.6 Å². The van der Waals surface area contributed by atoms with Gasteiger partial charge in [-0.3, -0.25) is 5.43 Å². The highest BCUT2D eigenvalue weighted by Gasteiger charge is 2.49. The SMILES string of the molecule is NC1(c2ccc(C3NC4CCN5C(=O)NNC5C4CC3c3ccccc3)cc2)CCC1. The molecule has 0 bridgehead atoms. The first-order chi connectivity index (χ1) is 15.1. The third-order valence-electron chi connectivity index (χ3n) is 8.17. The Morgan fingerprint density at radius 2 is 1.77 bits per heavy atom. The number of hydrogen-bond acceptors (Lipinski definition) is 4. The summed E-state index contributed by atoms with van der Waals surface area (Å²) in [6, 6.07) is 20.5. The van der Waals surface area contributed by atoms with Gasteiger partial charge in [0.15, 0.2) is 0 Å². The van der Waals surface area contributed by atoms with E-state index in [4.69, 9.17) is 5.73 Å². The van der Waals surface area contributed by atoms with Gasteiger partial charge in [0.2, 0.25) is 0 Å². The smallest absolute Gasteiger partial charge is 0.321 e. The van der Waals surface area contributed by atoms with Gasteiger partial charge in [0.05, 0.1) is 0 Å². The molecule has 162 valence electrons. The molecule has 0 spiro atoms. The van der Waals surface area contributed by atoms with Crippen LogP contribution >= 0.6 is 0 Å². The van der Waals surface area contributed by atoms with Crippen molar-refractivity contribution in [1.29, 1.82) is 0 Å². The first-order valence-corrected chi connectivity index (χ1v) is 11.6. The molecular weight excluding hydrogens is 386 g/mol. The summed E-state index contributed by atoms with van der Waals surface area (Å²) in [6.07, 6.45) is 5.48. The van der Waals surface area contributed by atoms with Gasteiger partial charge in [0, 0.05) is 36.0 Å². The Morgan fingerprint density at radius 1 is 1.00 bits per heavy atom. The van der Waals surface area contributed by atoms with Gasteiger partial charge in [-0.05, 0) is 48.8 Å². The van der Waals surface area contributed by atoms with Crippen molar-refractivity contribution < 1.29 is 4.79 Å². The van der Waals surface area contributed by atoms with E-state index in [0.29, 0.717) is 17.9 Å². The summed E-state index contributed by atoms with van der Waals surface area (Å²) in [4.78, 5) is 14.1. The summed E-state index contributed by atoms with van der Waals surface area (Å²) >= 11 is 0. The molecule has 5 unspecified atom stereocenters. The Morgan fingerprint density at radius 3 is 2.48 bits per heavy atom. The molecule has 31 heavy (non-hydrogen) atoms. The summed E-state index contributed by atoms with van der Waals surface area (Å²) in [6.45, 7) is 0.787. The molecule has 0 radical (unpaired) electrons. The lowest BCUT2D eigenvalue weighted by atomic mass is 9.70. The van der Waals surface area contributed by atoms with E-state index in [-0.39, 0.29) is 23.8 Å². The van der Waals surface area contributed by atoms with Crippen LogP contribution < -0.4 is 21.9 Å². The predicted octanol–water partition coefficient (Wildman–Crippen LogP) is 3.09. The predicted molar refractivity (Wildman–Crippen MR) is 120 cm³/mol. The van der Waals surface area contributed by atoms with E-state index >= 15 is 0 Å². The molecule has 0 aromatic heterocycles. The number of carbonyl (C=O) groups excluding carboxylic acids is 1. The maximum Gasteiger partial charge on any atom is 0.333 e. The number of nitrogens with two attached hydrogens (primary N) is 1. The average Bonchev–Trinajstić information content (AvgIpc) is 3.18. The van der Waals surface area contributed by atoms with Crippen LogP contribution in [-0.4, -0.2) is 29.7 Å². The number of fused-ring (bicyclic) bond motifs is 3. The van der Waals surface area contributed by atoms with E-state index in [0.717, 1.165) is 32.2 Å². The molecule has 3 heterocycles. The molecule has 4 fully saturated rings. The first kappa shape index (κ1) is 19.3. The lowest BCUT2D eigenvalue weighted by molar-refractivity contribution is 0.0569. The standard InChI is InChI=1S/C25H31N5O/c26-25(12-4-13-25)18-9-7-17(8-10-18)22-19(16-5-2-1-3-6-16)15-20-21(27-22)11-14-30-23(20)28-29-24(30)31/h1-3,5-10,19-23,27-28H,4,11-15,26H2,(H,29,31). The molecule has 3 aliphatic heterocycles. The van der Waals surface area contributed by atoms with Crippen LogP contribution in [-0.2, 0) is 5.54 Å². The summed E-state index contributed by atoms with van der Waals surface area (Å²) in [7, 11) is 0. The summed E-state index contributed by atoms with van der Waals surface area (Å²) < 4.78 is 0. The van der Waals surface area contributed by atoms with E-state index in [1.54, 1.807) is 0 Å². The number of nitrogens with one attached hydrogen (secondary N) is 3. The van der Waals surface area contributed by atoms with E-state index in [2.05, 4.69) is 70.8 Å². The van der Waals surface area contributed by atoms with E-state index in [1.165, 1.54) is 23.1 Å². The van der Waals surface area contributed by atoms with Gasteiger partial charge < -0.3 is 16.0 Å². The number of benzene rings is 2. The largest absolute Gasteiger partial charge is 0.333 e. The Labute approximate surface area is 183 Å². The van der Waals surface area contributed by atoms with E-state index in [9.17, 15) is 4.79 Å². The number of urea groups is 1. The van der Waals surface area contributed by atoms with Crippen molar-refractivity contribution in [2.24, 2.45) is 11.7 Å². The second kappa shape index (κ2) is 7.33. The minimum Gasteiger partial charge on any atom is -0.321 e. The fourth-order valence-electron chi connectivity index (χ4n) is 6.21. The minimum atomic E-state index is -0.122. The molecule has 6 rings (SSSR count). The van der Waals surface area contributed by atoms with E-state index < -0.39 is 0 Å². The van der Waals surface area contributed by atoms with Crippen molar-refractivity contribution in [2.45, 2.75) is 61.8 Å². The van der Waals surface area contributed by atoms with Crippen LogP contribution in [0.25, 0.3) is 0 Å². The van der Waals surface area contributed by atoms with Crippen LogP contribution in [0.1, 0.15) is 60.8 Å². The third-order valence-corrected chi connectivity index (χ3v) is 8.17. The highest BCUT2D eigenvalue weighted by Crippen LogP contribution is 2.46. The molecule has 6 heteroatoms. The number of hydrogen-bond donors (Lipinski definition) is 4. The molecule has 2 aromatic rings. The number of carbonyl (C=O) groups is 1. The number of amides is 2. The molecule has 2 amide bonds. The number of rotatable bonds is 3. The monoisotopic (exact) mass is 417 g/mol. The molecule has 1 saturated carbocycles. The summed E-state index contributed by atoms with van der Waals surface area (Å²) in [5, 5.41) is 4.00. The average molecular weight is 418 g/mol. The molecule has 2 aromatic carbocycles. The van der Waals surface area contributed by atoms with Crippen molar-refractivity contribution in [1.82, 2.24) is 21.1 Å². The zero-order chi connectivity index (χ0) is 21.0. The van der Waals surface area contributed by atoms with Gasteiger partial charge in [0.25, 0.3) is 0 Å². The third kappa shape index (κ3) is 3.16. The van der Waals surface area contributed by atoms with Crippen LogP contribution in [0.5, 0.6) is 0 Å². The highest BCUT2D eigenvalue weighted by molar-refractivity contribution is 5.76. The zero-order valence-corrected chi connectivity index (χ0v) is 17.8. The number of hydrazine groups is 1. The van der Waals surface area contributed by atoms with Gasteiger partial charge >= 0.3 is 6.03 Å². The molecule has 1 aliphatic carbocycles. The topological polar surface area (TPSA) is 82.4 Å². The van der Waals surface area contributed by atoms with E-state index in [1.807, 2.05) is 4.90 Å². The lowest BCUT2D eigenvalue weighted by Crippen LogP contribution is -2.60. The first-order valence-electron chi connectivity index (χ1n) is 11.6. The molecule has 5 atom stereocenters. The Hall–Kier alpha value is -2.41.